The fourth-order valence-corrected chi connectivity index (χ4v) is 2.20. The van der Waals surface area contributed by atoms with Crippen molar-refractivity contribution in [3.63, 3.8) is 0 Å². The van der Waals surface area contributed by atoms with Gasteiger partial charge in [-0.25, -0.2) is 0 Å². The van der Waals surface area contributed by atoms with E-state index in [1.165, 1.54) is 7.11 Å². The van der Waals surface area contributed by atoms with Crippen LogP contribution in [-0.4, -0.2) is 13.1 Å². The zero-order chi connectivity index (χ0) is 16.2. The summed E-state index contributed by atoms with van der Waals surface area (Å²) in [4.78, 5) is 11.9. The molecule has 0 fully saturated rings. The molecule has 0 bridgehead atoms. The van der Waals surface area contributed by atoms with E-state index in [1.54, 1.807) is 13.8 Å². The highest BCUT2D eigenvalue weighted by Crippen LogP contribution is 2.34. The molecule has 2 aromatic rings. The monoisotopic (exact) mass is 299 g/mol. The summed E-state index contributed by atoms with van der Waals surface area (Å²) in [7, 11) is 1.37. The average molecular weight is 299 g/mol. The maximum atomic E-state index is 11.9. The molecule has 0 saturated carbocycles. The van der Waals surface area contributed by atoms with E-state index < -0.39 is 11.5 Å². The second-order valence-electron chi connectivity index (χ2n) is 5.68. The maximum Gasteiger partial charge on any atom is 0.313 e. The molecular formula is C18H21NO3. The average Bonchev–Trinajstić information content (AvgIpc) is 2.54. The van der Waals surface area contributed by atoms with Gasteiger partial charge in [0.05, 0.1) is 12.5 Å². The van der Waals surface area contributed by atoms with Crippen LogP contribution in [-0.2, 0) is 9.53 Å². The molecule has 2 N–H and O–H groups in total. The van der Waals surface area contributed by atoms with Crippen LogP contribution in [0.1, 0.15) is 25.5 Å². The Morgan fingerprint density at radius 2 is 1.68 bits per heavy atom. The first-order valence-electron chi connectivity index (χ1n) is 7.12. The zero-order valence-electron chi connectivity index (χ0n) is 13.1. The van der Waals surface area contributed by atoms with Gasteiger partial charge < -0.3 is 15.2 Å². The summed E-state index contributed by atoms with van der Waals surface area (Å²) in [5.74, 6) is 1.09. The molecule has 0 aliphatic carbocycles. The van der Waals surface area contributed by atoms with Gasteiger partial charge in [-0.2, -0.15) is 0 Å². The Balaban J connectivity index is 2.23. The fourth-order valence-electron chi connectivity index (χ4n) is 2.20. The largest absolute Gasteiger partial charge is 0.469 e. The number of hydrogen-bond acceptors (Lipinski definition) is 4. The highest BCUT2D eigenvalue weighted by Gasteiger charge is 2.36. The first-order chi connectivity index (χ1) is 10.4. The molecule has 0 radical (unpaired) electrons. The van der Waals surface area contributed by atoms with E-state index in [9.17, 15) is 4.79 Å². The summed E-state index contributed by atoms with van der Waals surface area (Å²) >= 11 is 0. The topological polar surface area (TPSA) is 61.5 Å². The molecule has 0 aliphatic heterocycles. The lowest BCUT2D eigenvalue weighted by Gasteiger charge is -2.29. The van der Waals surface area contributed by atoms with Crippen molar-refractivity contribution in [1.82, 2.24) is 0 Å². The molecule has 22 heavy (non-hydrogen) atoms. The molecule has 4 heteroatoms. The summed E-state index contributed by atoms with van der Waals surface area (Å²) in [6.45, 7) is 3.54. The lowest BCUT2D eigenvalue weighted by Crippen LogP contribution is -2.37. The van der Waals surface area contributed by atoms with E-state index in [4.69, 9.17) is 15.2 Å². The summed E-state index contributed by atoms with van der Waals surface area (Å²) in [5, 5.41) is 0. The Bertz CT molecular complexity index is 638. The SMILES string of the molecule is COC(=O)C(C)(C)[C@@H](N)c1cccc(Oc2ccccc2)c1. The Morgan fingerprint density at radius 3 is 2.32 bits per heavy atom. The number of para-hydroxylation sites is 1. The molecule has 4 nitrogen and oxygen atoms in total. The molecule has 0 unspecified atom stereocenters. The number of ether oxygens (including phenoxy) is 2. The molecule has 0 amide bonds. The van der Waals surface area contributed by atoms with Crippen molar-refractivity contribution in [1.29, 1.82) is 0 Å². The van der Waals surface area contributed by atoms with Crippen LogP contribution in [0.5, 0.6) is 11.5 Å². The van der Waals surface area contributed by atoms with Crippen molar-refractivity contribution >= 4 is 5.97 Å². The van der Waals surface area contributed by atoms with Gasteiger partial charge in [0.1, 0.15) is 11.5 Å². The first kappa shape index (κ1) is 16.0. The van der Waals surface area contributed by atoms with Crippen LogP contribution in [0.3, 0.4) is 0 Å². The zero-order valence-corrected chi connectivity index (χ0v) is 13.1. The van der Waals surface area contributed by atoms with Gasteiger partial charge in [0.25, 0.3) is 0 Å². The second-order valence-corrected chi connectivity index (χ2v) is 5.68. The van der Waals surface area contributed by atoms with Crippen molar-refractivity contribution in [2.24, 2.45) is 11.1 Å². The van der Waals surface area contributed by atoms with Crippen molar-refractivity contribution in [3.05, 3.63) is 60.2 Å². The third-order valence-electron chi connectivity index (χ3n) is 3.69. The van der Waals surface area contributed by atoms with Crippen LogP contribution in [0.4, 0.5) is 0 Å². The maximum absolute atomic E-state index is 11.9. The minimum Gasteiger partial charge on any atom is -0.469 e. The predicted molar refractivity (Wildman–Crippen MR) is 85.7 cm³/mol. The number of methoxy groups -OCH3 is 1. The van der Waals surface area contributed by atoms with Crippen LogP contribution >= 0.6 is 0 Å². The summed E-state index contributed by atoms with van der Waals surface area (Å²) in [6.07, 6.45) is 0. The molecule has 2 aromatic carbocycles. The van der Waals surface area contributed by atoms with Crippen molar-refractivity contribution in [2.75, 3.05) is 7.11 Å². The van der Waals surface area contributed by atoms with Gasteiger partial charge in [0.2, 0.25) is 0 Å². The van der Waals surface area contributed by atoms with E-state index >= 15 is 0 Å². The fraction of sp³-hybridized carbons (Fsp3) is 0.278. The van der Waals surface area contributed by atoms with Gasteiger partial charge >= 0.3 is 5.97 Å². The number of carbonyl (C=O) groups excluding carboxylic acids is 1. The third-order valence-corrected chi connectivity index (χ3v) is 3.69. The molecule has 0 aromatic heterocycles. The Labute approximate surface area is 130 Å². The van der Waals surface area contributed by atoms with E-state index in [1.807, 2.05) is 54.6 Å². The quantitative estimate of drug-likeness (QED) is 0.856. The van der Waals surface area contributed by atoms with Gasteiger partial charge in [-0.15, -0.1) is 0 Å². The molecule has 1 atom stereocenters. The van der Waals surface area contributed by atoms with E-state index in [-0.39, 0.29) is 5.97 Å². The number of esters is 1. The van der Waals surface area contributed by atoms with Gasteiger partial charge in [0, 0.05) is 6.04 Å². The van der Waals surface area contributed by atoms with E-state index in [0.717, 1.165) is 11.3 Å². The predicted octanol–water partition coefficient (Wildman–Crippen LogP) is 3.68. The van der Waals surface area contributed by atoms with Crippen LogP contribution in [0.25, 0.3) is 0 Å². The molecule has 0 aliphatic rings. The van der Waals surface area contributed by atoms with Crippen molar-refractivity contribution < 1.29 is 14.3 Å². The normalized spacial score (nSPS) is 12.5. The number of benzene rings is 2. The van der Waals surface area contributed by atoms with Gasteiger partial charge in [-0.05, 0) is 43.7 Å². The van der Waals surface area contributed by atoms with Gasteiger partial charge in [0.15, 0.2) is 0 Å². The third kappa shape index (κ3) is 3.46. The van der Waals surface area contributed by atoms with Gasteiger partial charge in [-0.1, -0.05) is 30.3 Å². The molecule has 0 saturated heterocycles. The molecular weight excluding hydrogens is 278 g/mol. The van der Waals surface area contributed by atoms with E-state index in [2.05, 4.69) is 0 Å². The summed E-state index contributed by atoms with van der Waals surface area (Å²) in [6, 6.07) is 16.5. The number of hydrogen-bond donors (Lipinski definition) is 1. The minimum atomic E-state index is -0.819. The summed E-state index contributed by atoms with van der Waals surface area (Å²) in [5.41, 5.74) is 6.26. The Kier molecular flexibility index (Phi) is 4.83. The number of nitrogens with two attached hydrogens (primary N) is 1. The first-order valence-corrected chi connectivity index (χ1v) is 7.12. The van der Waals surface area contributed by atoms with E-state index in [0.29, 0.717) is 5.75 Å². The minimum absolute atomic E-state index is 0.339. The van der Waals surface area contributed by atoms with Crippen molar-refractivity contribution in [3.8, 4) is 11.5 Å². The summed E-state index contributed by atoms with van der Waals surface area (Å²) < 4.78 is 10.6. The van der Waals surface area contributed by atoms with Gasteiger partial charge in [-0.3, -0.25) is 4.79 Å². The number of rotatable bonds is 5. The smallest absolute Gasteiger partial charge is 0.313 e. The molecule has 0 heterocycles. The standard InChI is InChI=1S/C18H21NO3/c1-18(2,17(20)21-3)16(19)13-8-7-11-15(12-13)22-14-9-5-4-6-10-14/h4-12,16H,19H2,1-3H3/t16-/m0/s1. The van der Waals surface area contributed by atoms with Crippen LogP contribution < -0.4 is 10.5 Å². The highest BCUT2D eigenvalue weighted by atomic mass is 16.5. The molecule has 2 rings (SSSR count). The van der Waals surface area contributed by atoms with Crippen LogP contribution in [0, 0.1) is 5.41 Å². The molecule has 116 valence electrons. The second kappa shape index (κ2) is 6.62. The Morgan fingerprint density at radius 1 is 1.05 bits per heavy atom. The highest BCUT2D eigenvalue weighted by molar-refractivity contribution is 5.77. The lowest BCUT2D eigenvalue weighted by atomic mass is 9.81. The molecule has 0 spiro atoms. The lowest BCUT2D eigenvalue weighted by molar-refractivity contribution is -0.152. The van der Waals surface area contributed by atoms with Crippen molar-refractivity contribution in [2.45, 2.75) is 19.9 Å². The van der Waals surface area contributed by atoms with Crippen LogP contribution in [0.2, 0.25) is 0 Å². The number of carbonyl (C=O) groups is 1. The van der Waals surface area contributed by atoms with Crippen LogP contribution in [0.15, 0.2) is 54.6 Å². The Hall–Kier alpha value is -2.33.